The molecule has 55 heavy (non-hydrogen) atoms. The van der Waals surface area contributed by atoms with Crippen LogP contribution in [0.3, 0.4) is 0 Å². The summed E-state index contributed by atoms with van der Waals surface area (Å²) in [5.74, 6) is 0. The molecule has 1 aliphatic carbocycles. The summed E-state index contributed by atoms with van der Waals surface area (Å²) in [7, 11) is 0. The van der Waals surface area contributed by atoms with E-state index in [9.17, 15) is 0 Å². The molecular weight excluding hydrogens is 699 g/mol. The van der Waals surface area contributed by atoms with Crippen molar-refractivity contribution in [3.05, 3.63) is 236 Å². The summed E-state index contributed by atoms with van der Waals surface area (Å²) in [5.41, 5.74) is 2.83. The van der Waals surface area contributed by atoms with Gasteiger partial charge in [-0.1, -0.05) is 0 Å². The summed E-state index contributed by atoms with van der Waals surface area (Å²) < 4.78 is 0. The molecule has 1 unspecified atom stereocenters. The molecule has 1 atom stereocenters. The second-order valence-electron chi connectivity index (χ2n) is 15.1. The van der Waals surface area contributed by atoms with Gasteiger partial charge in [-0.3, -0.25) is 0 Å². The van der Waals surface area contributed by atoms with Gasteiger partial charge in [-0.25, -0.2) is 0 Å². The minimum absolute atomic E-state index is 0.0426. The van der Waals surface area contributed by atoms with Gasteiger partial charge in [0.2, 0.25) is 0 Å². The van der Waals surface area contributed by atoms with E-state index < -0.39 is 13.2 Å². The van der Waals surface area contributed by atoms with Gasteiger partial charge in [0, 0.05) is 0 Å². The molecule has 0 aromatic heterocycles. The van der Waals surface area contributed by atoms with E-state index in [0.29, 0.717) is 0 Å². The van der Waals surface area contributed by atoms with Gasteiger partial charge in [0.25, 0.3) is 0 Å². The van der Waals surface area contributed by atoms with Crippen molar-refractivity contribution in [2.24, 2.45) is 0 Å². The van der Waals surface area contributed by atoms with E-state index in [2.05, 4.69) is 238 Å². The monoisotopic (exact) mass is 746 g/mol. The SMILES string of the molecule is CCP(C1=CC(P(CC)(c2ccccc2)(c2ccccc2)c2ccccc2)c2cccc3cccc1c23)(c1ccccc1)(c1ccccc1)c1ccccc1. The van der Waals surface area contributed by atoms with Gasteiger partial charge in [-0.05, 0) is 0 Å². The number of rotatable bonds is 10. The third kappa shape index (κ3) is 4.66. The zero-order valence-electron chi connectivity index (χ0n) is 31.7. The van der Waals surface area contributed by atoms with Crippen molar-refractivity contribution in [2.75, 3.05) is 12.3 Å². The van der Waals surface area contributed by atoms with Crippen LogP contribution < -0.4 is 31.8 Å². The summed E-state index contributed by atoms with van der Waals surface area (Å²) >= 11 is 0. The second-order valence-corrected chi connectivity index (χ2v) is 25.8. The zero-order valence-corrected chi connectivity index (χ0v) is 33.5. The Bertz CT molecular complexity index is 2410. The van der Waals surface area contributed by atoms with Crippen molar-refractivity contribution in [2.45, 2.75) is 19.5 Å². The van der Waals surface area contributed by atoms with E-state index in [1.54, 1.807) is 0 Å². The Morgan fingerprint density at radius 3 is 1.09 bits per heavy atom. The molecule has 270 valence electrons. The van der Waals surface area contributed by atoms with Crippen LogP contribution in [0.4, 0.5) is 0 Å². The summed E-state index contributed by atoms with van der Waals surface area (Å²) in [6.45, 7) is -2.06. The van der Waals surface area contributed by atoms with E-state index >= 15 is 0 Å². The first-order valence-corrected chi connectivity index (χ1v) is 24.6. The van der Waals surface area contributed by atoms with Gasteiger partial charge in [-0.2, -0.15) is 0 Å². The van der Waals surface area contributed by atoms with Crippen LogP contribution in [0.15, 0.2) is 224 Å². The van der Waals surface area contributed by atoms with Crippen LogP contribution in [0.25, 0.3) is 16.1 Å². The fourth-order valence-electron chi connectivity index (χ4n) is 10.9. The first-order valence-electron chi connectivity index (χ1n) is 19.7. The van der Waals surface area contributed by atoms with Crippen molar-refractivity contribution in [3.8, 4) is 0 Å². The third-order valence-corrected chi connectivity index (χ3v) is 27.7. The molecule has 0 radical (unpaired) electrons. The summed E-state index contributed by atoms with van der Waals surface area (Å²) in [6.07, 6.45) is 4.77. The number of benzene rings is 8. The predicted octanol–water partition coefficient (Wildman–Crippen LogP) is 11.3. The first-order chi connectivity index (χ1) is 27.1. The maximum atomic E-state index is 2.85. The maximum absolute atomic E-state index is 3.53. The molecule has 0 bridgehead atoms. The number of hydrogen-bond acceptors (Lipinski definition) is 0. The molecule has 0 saturated carbocycles. The second kappa shape index (κ2) is 13.7. The molecule has 0 spiro atoms. The van der Waals surface area contributed by atoms with Crippen LogP contribution >= 0.6 is 13.2 Å². The zero-order chi connectivity index (χ0) is 37.4. The van der Waals surface area contributed by atoms with Crippen molar-refractivity contribution < 1.29 is 0 Å². The average Bonchev–Trinajstić information content (AvgIpc) is 3.28. The summed E-state index contributed by atoms with van der Waals surface area (Å²) in [6, 6.07) is 83.7. The van der Waals surface area contributed by atoms with Crippen LogP contribution in [0.1, 0.15) is 30.6 Å². The first kappa shape index (κ1) is 35.3. The van der Waals surface area contributed by atoms with Crippen LogP contribution in [-0.2, 0) is 0 Å². The molecule has 8 aromatic carbocycles. The van der Waals surface area contributed by atoms with Gasteiger partial charge in [0.05, 0.1) is 0 Å². The molecule has 9 rings (SSSR count). The van der Waals surface area contributed by atoms with Gasteiger partial charge >= 0.3 is 329 Å². The molecule has 0 amide bonds. The van der Waals surface area contributed by atoms with E-state index in [-0.39, 0.29) is 5.66 Å². The number of allylic oxidation sites excluding steroid dienone is 1. The quantitative estimate of drug-likeness (QED) is 0.122. The molecule has 1 aliphatic rings. The number of hydrogen-bond donors (Lipinski definition) is 0. The summed E-state index contributed by atoms with van der Waals surface area (Å²) in [4.78, 5) is 0. The Morgan fingerprint density at radius 1 is 0.364 bits per heavy atom. The van der Waals surface area contributed by atoms with Crippen molar-refractivity contribution in [1.82, 2.24) is 0 Å². The Hall–Kier alpha value is -5.38. The Balaban J connectivity index is 1.59. The van der Waals surface area contributed by atoms with Gasteiger partial charge < -0.3 is 0 Å². The Kier molecular flexibility index (Phi) is 8.82. The topological polar surface area (TPSA) is 0 Å². The van der Waals surface area contributed by atoms with Crippen molar-refractivity contribution >= 4 is 61.1 Å². The van der Waals surface area contributed by atoms with Crippen LogP contribution in [0.2, 0.25) is 0 Å². The van der Waals surface area contributed by atoms with Crippen LogP contribution in [0, 0.1) is 0 Å². The Labute approximate surface area is 327 Å². The predicted molar refractivity (Wildman–Crippen MR) is 246 cm³/mol. The molecule has 8 aromatic rings. The fourth-order valence-corrected chi connectivity index (χ4v) is 25.1. The van der Waals surface area contributed by atoms with E-state index in [4.69, 9.17) is 0 Å². The van der Waals surface area contributed by atoms with Crippen LogP contribution in [-0.4, -0.2) is 12.3 Å². The van der Waals surface area contributed by atoms with E-state index in [1.165, 1.54) is 59.0 Å². The summed E-state index contributed by atoms with van der Waals surface area (Å²) in [5, 5.41) is 12.7. The van der Waals surface area contributed by atoms with E-state index in [0.717, 1.165) is 12.3 Å². The van der Waals surface area contributed by atoms with Gasteiger partial charge in [0.1, 0.15) is 0 Å². The molecular formula is C53H48P2. The average molecular weight is 747 g/mol. The van der Waals surface area contributed by atoms with Gasteiger partial charge in [-0.15, -0.1) is 0 Å². The fraction of sp³-hybridized carbons (Fsp3) is 0.0943. The standard InChI is InChI=1S/C53H48P2/c1-3-54(43-27-11-5-12-28-43,44-29-13-6-14-30-44,45-31-15-7-16-32-45)51-41-52(50-40-24-26-42-25-23-39-49(51)53(42)50)55(4-2,46-33-17-8-18-34-46,47-35-19-9-20-36-47)48-37-21-10-22-38-48/h5-41,51H,3-4H2,1-2H3. The molecule has 0 N–H and O–H groups in total. The van der Waals surface area contributed by atoms with Crippen molar-refractivity contribution in [3.63, 3.8) is 0 Å². The molecule has 0 saturated heterocycles. The molecule has 0 aliphatic heterocycles. The molecule has 0 heterocycles. The molecule has 0 fully saturated rings. The molecule has 0 nitrogen and oxygen atoms in total. The van der Waals surface area contributed by atoms with Crippen LogP contribution in [0.5, 0.6) is 0 Å². The third-order valence-electron chi connectivity index (χ3n) is 13.3. The normalized spacial score (nSPS) is 15.6. The van der Waals surface area contributed by atoms with E-state index in [1.807, 2.05) is 0 Å². The molecule has 2 heteroatoms. The Morgan fingerprint density at radius 2 is 0.727 bits per heavy atom. The van der Waals surface area contributed by atoms with Crippen molar-refractivity contribution in [1.29, 1.82) is 0 Å². The minimum atomic E-state index is -3.53. The van der Waals surface area contributed by atoms with Gasteiger partial charge in [0.15, 0.2) is 0 Å².